The second kappa shape index (κ2) is 16.9. The van der Waals surface area contributed by atoms with E-state index in [1.54, 1.807) is 0 Å². The zero-order valence-electron chi connectivity index (χ0n) is 31.7. The highest BCUT2D eigenvalue weighted by Crippen LogP contribution is 2.42. The van der Waals surface area contributed by atoms with Crippen LogP contribution < -0.4 is 5.32 Å². The van der Waals surface area contributed by atoms with Gasteiger partial charge in [0.15, 0.2) is 0 Å². The first-order chi connectivity index (χ1) is 24.5. The lowest BCUT2D eigenvalue weighted by Crippen LogP contribution is -2.15. The molecule has 0 unspecified atom stereocenters. The van der Waals surface area contributed by atoms with Crippen molar-refractivity contribution in [2.24, 2.45) is 0 Å². The molecule has 8 bridgehead atoms. The molecule has 0 aliphatic carbocycles. The Morgan fingerprint density at radius 3 is 2.14 bits per heavy atom. The summed E-state index contributed by atoms with van der Waals surface area (Å²) in [7, 11) is 0. The van der Waals surface area contributed by atoms with Crippen LogP contribution in [0.25, 0.3) is 33.2 Å². The van der Waals surface area contributed by atoms with Crippen LogP contribution in [-0.4, -0.2) is 48.6 Å². The van der Waals surface area contributed by atoms with Crippen LogP contribution in [0.15, 0.2) is 18.2 Å². The van der Waals surface area contributed by atoms with Gasteiger partial charge in [-0.3, -0.25) is 9.78 Å². The molecule has 5 heterocycles. The molecule has 2 aliphatic rings. The number of carboxylic acid groups (broad SMARTS) is 2. The van der Waals surface area contributed by atoms with Gasteiger partial charge in [0, 0.05) is 52.7 Å². The molecule has 51 heavy (non-hydrogen) atoms. The largest absolute Gasteiger partial charge is 0.481 e. The summed E-state index contributed by atoms with van der Waals surface area (Å²) in [6, 6.07) is 6.22. The van der Waals surface area contributed by atoms with Crippen molar-refractivity contribution < 1.29 is 19.8 Å². The summed E-state index contributed by atoms with van der Waals surface area (Å²) in [4.78, 5) is 41.9. The van der Waals surface area contributed by atoms with Crippen LogP contribution in [0.5, 0.6) is 0 Å². The highest BCUT2D eigenvalue weighted by atomic mass is 16.4. The van der Waals surface area contributed by atoms with E-state index in [4.69, 9.17) is 9.97 Å². The molecule has 0 radical (unpaired) electrons. The molecule has 0 amide bonds. The van der Waals surface area contributed by atoms with Gasteiger partial charge in [-0.1, -0.05) is 65.7 Å². The van der Waals surface area contributed by atoms with E-state index in [9.17, 15) is 19.8 Å². The van der Waals surface area contributed by atoms with Gasteiger partial charge in [0.2, 0.25) is 0 Å². The minimum Gasteiger partial charge on any atom is -0.481 e. The van der Waals surface area contributed by atoms with Gasteiger partial charge in [0.05, 0.1) is 22.5 Å². The molecule has 0 spiro atoms. The number of aryl methyl sites for hydroxylation is 3. The summed E-state index contributed by atoms with van der Waals surface area (Å²) in [5.41, 5.74) is 12.6. The van der Waals surface area contributed by atoms with Crippen LogP contribution in [0.2, 0.25) is 0 Å². The molecular weight excluding hydrogens is 638 g/mol. The van der Waals surface area contributed by atoms with E-state index < -0.39 is 11.9 Å². The first kappa shape index (κ1) is 38.0. The van der Waals surface area contributed by atoms with Crippen molar-refractivity contribution >= 4 is 45.2 Å². The Morgan fingerprint density at radius 2 is 1.47 bits per heavy atom. The number of nitrogens with one attached hydrogen (secondary N) is 3. The van der Waals surface area contributed by atoms with Crippen molar-refractivity contribution in [1.29, 1.82) is 0 Å². The molecule has 0 fully saturated rings. The molecule has 0 saturated heterocycles. The van der Waals surface area contributed by atoms with Crippen LogP contribution in [0.3, 0.4) is 0 Å². The Morgan fingerprint density at radius 1 is 0.804 bits per heavy atom. The number of carboxylic acids is 2. The molecule has 3 aromatic heterocycles. The maximum Gasteiger partial charge on any atom is 0.338 e. The quantitative estimate of drug-likeness (QED) is 0.0938. The highest BCUT2D eigenvalue weighted by molar-refractivity contribution is 6.02. The third kappa shape index (κ3) is 8.30. The fourth-order valence-electron chi connectivity index (χ4n) is 7.92. The average molecular weight is 696 g/mol. The summed E-state index contributed by atoms with van der Waals surface area (Å²) in [6.07, 6.45) is 11.5. The minimum absolute atomic E-state index is 0.00237. The third-order valence-electron chi connectivity index (χ3n) is 11.2. The normalized spacial score (nSPS) is 15.9. The summed E-state index contributed by atoms with van der Waals surface area (Å²) in [5, 5.41) is 23.7. The molecule has 274 valence electrons. The number of hydrogen-bond acceptors (Lipinski definition) is 5. The maximum atomic E-state index is 12.7. The van der Waals surface area contributed by atoms with Crippen molar-refractivity contribution in [3.8, 4) is 0 Å². The molecule has 0 saturated carbocycles. The summed E-state index contributed by atoms with van der Waals surface area (Å²) >= 11 is 0. The molecule has 0 aromatic carbocycles. The number of aromatic amines is 2. The zero-order chi connectivity index (χ0) is 36.8. The number of hydrogen-bond donors (Lipinski definition) is 5. The lowest BCUT2D eigenvalue weighted by atomic mass is 9.86. The topological polar surface area (TPSA) is 144 Å². The summed E-state index contributed by atoms with van der Waals surface area (Å²) < 4.78 is 0. The fourth-order valence-corrected chi connectivity index (χ4v) is 7.92. The number of aromatic nitrogens is 4. The smallest absolute Gasteiger partial charge is 0.338 e. The van der Waals surface area contributed by atoms with E-state index in [1.807, 2.05) is 19.9 Å². The highest BCUT2D eigenvalue weighted by Gasteiger charge is 2.32. The third-order valence-corrected chi connectivity index (χ3v) is 11.2. The van der Waals surface area contributed by atoms with Gasteiger partial charge in [-0.2, -0.15) is 0 Å². The van der Waals surface area contributed by atoms with Gasteiger partial charge in [-0.25, -0.2) is 9.78 Å². The first-order valence-electron chi connectivity index (χ1n) is 19.1. The van der Waals surface area contributed by atoms with Crippen molar-refractivity contribution in [3.63, 3.8) is 0 Å². The Bertz CT molecular complexity index is 1970. The summed E-state index contributed by atoms with van der Waals surface area (Å²) in [6.45, 7) is 16.2. The van der Waals surface area contributed by atoms with E-state index in [1.165, 1.54) is 50.5 Å². The number of unbranched alkanes of at least 4 members (excludes halogenated alkanes) is 7. The lowest BCUT2D eigenvalue weighted by Gasteiger charge is -2.16. The van der Waals surface area contributed by atoms with E-state index in [0.29, 0.717) is 23.0 Å². The number of aliphatic carboxylic acids is 1. The second-order valence-corrected chi connectivity index (χ2v) is 14.6. The second-order valence-electron chi connectivity index (χ2n) is 14.6. The Hall–Kier alpha value is -4.24. The van der Waals surface area contributed by atoms with E-state index in [2.05, 4.69) is 62.0 Å². The van der Waals surface area contributed by atoms with Crippen molar-refractivity contribution in [2.75, 3.05) is 6.54 Å². The lowest BCUT2D eigenvalue weighted by molar-refractivity contribution is -0.137. The van der Waals surface area contributed by atoms with Gasteiger partial charge >= 0.3 is 11.9 Å². The van der Waals surface area contributed by atoms with Crippen LogP contribution in [0, 0.1) is 20.8 Å². The minimum atomic E-state index is -1.02. The molecule has 9 heteroatoms. The zero-order valence-corrected chi connectivity index (χ0v) is 31.7. The van der Waals surface area contributed by atoms with Crippen molar-refractivity contribution in [3.05, 3.63) is 68.8 Å². The Labute approximate surface area is 302 Å². The number of nitrogens with zero attached hydrogens (tertiary/aromatic N) is 2. The number of fused-ring (bicyclic) bond motifs is 8. The molecule has 3 aromatic rings. The van der Waals surface area contributed by atoms with Crippen molar-refractivity contribution in [1.82, 2.24) is 25.3 Å². The van der Waals surface area contributed by atoms with E-state index >= 15 is 0 Å². The number of carbonyl (C=O) groups is 2. The number of rotatable bonds is 16. The first-order valence-corrected chi connectivity index (χ1v) is 19.1. The SMILES string of the molecule is CCCCCCCCCCNCc1c(C)c2cc3nc(c(C)c4[nH]c(cc5nc(cc1[nH]2)C(C)=C5CC)c(C)c4C(=O)O)[C@@H](CCC(=O)O)[C@@H]3C. The van der Waals surface area contributed by atoms with Crippen molar-refractivity contribution in [2.45, 2.75) is 137 Å². The van der Waals surface area contributed by atoms with E-state index in [-0.39, 0.29) is 23.8 Å². The maximum absolute atomic E-state index is 12.7. The molecular formula is C42H57N5O4. The van der Waals surface area contributed by atoms with Gasteiger partial charge in [0.1, 0.15) is 0 Å². The summed E-state index contributed by atoms with van der Waals surface area (Å²) in [5.74, 6) is -2.12. The van der Waals surface area contributed by atoms with Gasteiger partial charge in [-0.05, 0) is 105 Å². The molecule has 5 N–H and O–H groups in total. The molecule has 9 nitrogen and oxygen atoms in total. The van der Waals surface area contributed by atoms with Gasteiger partial charge < -0.3 is 25.5 Å². The monoisotopic (exact) mass is 695 g/mol. The number of H-pyrrole nitrogens is 2. The fraction of sp³-hybridized carbons (Fsp3) is 0.524. The average Bonchev–Trinajstić information content (AvgIpc) is 3.77. The molecule has 2 aliphatic heterocycles. The standard InChI is InChI=1S/C42H57N5O4/c1-8-10-11-12-13-14-15-16-19-43-23-31-26(5)32-20-34-25(4)30(17-18-38(48)49)40(46-34)28(7)41-39(42(50)51)27(6)35(47-41)22-36-29(9-2)24(3)33(44-36)21-37(31)45-32/h20-22,25,30,43,45,47H,8-19,23H2,1-7H3,(H,48,49)(H,50,51)/t25-,30-/m0/s1. The molecule has 5 rings (SSSR count). The van der Waals surface area contributed by atoms with Crippen LogP contribution in [0.4, 0.5) is 0 Å². The predicted octanol–water partition coefficient (Wildman–Crippen LogP) is 10.3. The van der Waals surface area contributed by atoms with Gasteiger partial charge in [0.25, 0.3) is 0 Å². The van der Waals surface area contributed by atoms with Gasteiger partial charge in [-0.15, -0.1) is 0 Å². The number of aromatic carboxylic acids is 1. The predicted molar refractivity (Wildman–Crippen MR) is 207 cm³/mol. The number of allylic oxidation sites excluding steroid dienone is 2. The van der Waals surface area contributed by atoms with Crippen LogP contribution >= 0.6 is 0 Å². The Kier molecular flexibility index (Phi) is 12.6. The van der Waals surface area contributed by atoms with Crippen LogP contribution in [-0.2, 0) is 11.3 Å². The Balaban J connectivity index is 1.66. The molecule has 2 atom stereocenters. The van der Waals surface area contributed by atoms with E-state index in [0.717, 1.165) is 82.0 Å². The van der Waals surface area contributed by atoms with Crippen LogP contribution in [0.1, 0.15) is 166 Å².